The largest absolute Gasteiger partial charge is 0.336 e. The first-order chi connectivity index (χ1) is 11.9. The Kier molecular flexibility index (Phi) is 5.23. The average molecular weight is 369 g/mol. The fraction of sp³-hybridized carbons (Fsp3) is 0.600. The van der Waals surface area contributed by atoms with Crippen LogP contribution in [0, 0.1) is 0 Å². The van der Waals surface area contributed by atoms with Crippen LogP contribution in [-0.4, -0.2) is 97.1 Å². The molecule has 2 aliphatic heterocycles. The fourth-order valence-corrected chi connectivity index (χ4v) is 4.64. The van der Waals surface area contributed by atoms with E-state index in [9.17, 15) is 18.0 Å². The Morgan fingerprint density at radius 2 is 1.56 bits per heavy atom. The van der Waals surface area contributed by atoms with E-state index >= 15 is 0 Å². The maximum absolute atomic E-state index is 12.7. The summed E-state index contributed by atoms with van der Waals surface area (Å²) in [4.78, 5) is 29.9. The molecule has 0 radical (unpaired) electrons. The fourth-order valence-electron chi connectivity index (χ4n) is 3.06. The lowest BCUT2D eigenvalue weighted by Gasteiger charge is -2.39. The molecule has 3 heterocycles. The van der Waals surface area contributed by atoms with E-state index in [0.717, 1.165) is 13.1 Å². The predicted octanol–water partition coefficient (Wildman–Crippen LogP) is -1.38. The second kappa shape index (κ2) is 7.24. The number of aromatic amines is 1. The van der Waals surface area contributed by atoms with Crippen LogP contribution in [0.3, 0.4) is 0 Å². The van der Waals surface area contributed by atoms with Crippen molar-refractivity contribution in [2.24, 2.45) is 0 Å². The van der Waals surface area contributed by atoms with Crippen LogP contribution in [0.1, 0.15) is 10.4 Å². The standard InChI is InChI=1S/C15H23N5O4S/c1-17-4-8-19(9-5-17)25(23,24)20-10-6-18(7-11-20)15(22)13-2-3-16-14(21)12-13/h2-3,12H,4-11H2,1H3,(H,16,21). The van der Waals surface area contributed by atoms with Gasteiger partial charge in [-0.15, -0.1) is 0 Å². The van der Waals surface area contributed by atoms with E-state index in [0.29, 0.717) is 31.7 Å². The van der Waals surface area contributed by atoms with E-state index in [1.165, 1.54) is 20.9 Å². The lowest BCUT2D eigenvalue weighted by Crippen LogP contribution is -2.57. The van der Waals surface area contributed by atoms with Crippen LogP contribution >= 0.6 is 0 Å². The van der Waals surface area contributed by atoms with E-state index in [1.807, 2.05) is 7.05 Å². The highest BCUT2D eigenvalue weighted by Crippen LogP contribution is 2.15. The van der Waals surface area contributed by atoms with Gasteiger partial charge in [-0.25, -0.2) is 0 Å². The molecule has 138 valence electrons. The number of hydrogen-bond acceptors (Lipinski definition) is 5. The molecule has 0 unspecified atom stereocenters. The van der Waals surface area contributed by atoms with E-state index < -0.39 is 10.2 Å². The van der Waals surface area contributed by atoms with Gasteiger partial charge in [0.05, 0.1) is 0 Å². The van der Waals surface area contributed by atoms with E-state index in [1.54, 1.807) is 11.0 Å². The molecular weight excluding hydrogens is 346 g/mol. The number of piperazine rings is 2. The third-order valence-electron chi connectivity index (χ3n) is 4.66. The maximum Gasteiger partial charge on any atom is 0.282 e. The summed E-state index contributed by atoms with van der Waals surface area (Å²) >= 11 is 0. The third-order valence-corrected chi connectivity index (χ3v) is 6.70. The lowest BCUT2D eigenvalue weighted by molar-refractivity contribution is 0.0692. The summed E-state index contributed by atoms with van der Waals surface area (Å²) < 4.78 is 28.4. The van der Waals surface area contributed by atoms with E-state index in [-0.39, 0.29) is 24.6 Å². The van der Waals surface area contributed by atoms with Crippen LogP contribution in [-0.2, 0) is 10.2 Å². The average Bonchev–Trinajstić information content (AvgIpc) is 2.61. The number of H-pyrrole nitrogens is 1. The molecule has 9 nitrogen and oxygen atoms in total. The van der Waals surface area contributed by atoms with Gasteiger partial charge in [-0.05, 0) is 13.1 Å². The molecule has 2 saturated heterocycles. The zero-order valence-corrected chi connectivity index (χ0v) is 15.0. The predicted molar refractivity (Wildman–Crippen MR) is 92.5 cm³/mol. The molecule has 10 heteroatoms. The number of likely N-dealkylation sites (N-methyl/N-ethyl adjacent to an activating group) is 1. The first-order valence-corrected chi connectivity index (χ1v) is 9.69. The van der Waals surface area contributed by atoms with E-state index in [4.69, 9.17) is 0 Å². The molecule has 1 aromatic rings. The van der Waals surface area contributed by atoms with Gasteiger partial charge in [0.2, 0.25) is 5.56 Å². The number of hydrogen-bond donors (Lipinski definition) is 1. The van der Waals surface area contributed by atoms with Gasteiger partial charge < -0.3 is 14.8 Å². The number of carbonyl (C=O) groups excluding carboxylic acids is 1. The summed E-state index contributed by atoms with van der Waals surface area (Å²) in [6, 6.07) is 2.81. The van der Waals surface area contributed by atoms with Crippen LogP contribution in [0.15, 0.2) is 23.1 Å². The second-order valence-corrected chi connectivity index (χ2v) is 8.27. The number of amides is 1. The number of carbonyl (C=O) groups is 1. The summed E-state index contributed by atoms with van der Waals surface area (Å²) in [5.74, 6) is -0.247. The first kappa shape index (κ1) is 18.1. The van der Waals surface area contributed by atoms with Crippen molar-refractivity contribution in [2.45, 2.75) is 0 Å². The number of aromatic nitrogens is 1. The van der Waals surface area contributed by atoms with E-state index in [2.05, 4.69) is 9.88 Å². The normalized spacial score (nSPS) is 21.4. The summed E-state index contributed by atoms with van der Waals surface area (Å²) in [7, 11) is -1.51. The van der Waals surface area contributed by atoms with Gasteiger partial charge in [0.15, 0.2) is 0 Å². The molecule has 0 spiro atoms. The number of rotatable bonds is 3. The van der Waals surface area contributed by atoms with Crippen molar-refractivity contribution in [3.8, 4) is 0 Å². The van der Waals surface area contributed by atoms with Gasteiger partial charge >= 0.3 is 0 Å². The van der Waals surface area contributed by atoms with Gasteiger partial charge in [0.1, 0.15) is 0 Å². The summed E-state index contributed by atoms with van der Waals surface area (Å²) in [6.07, 6.45) is 1.43. The molecule has 0 aliphatic carbocycles. The van der Waals surface area contributed by atoms with Crippen molar-refractivity contribution in [1.82, 2.24) is 23.4 Å². The number of nitrogens with zero attached hydrogens (tertiary/aromatic N) is 4. The van der Waals surface area contributed by atoms with Crippen molar-refractivity contribution in [1.29, 1.82) is 0 Å². The Morgan fingerprint density at radius 1 is 1.00 bits per heavy atom. The van der Waals surface area contributed by atoms with Gasteiger partial charge in [-0.1, -0.05) is 0 Å². The Hall–Kier alpha value is -1.75. The zero-order chi connectivity index (χ0) is 18.0. The van der Waals surface area contributed by atoms with Crippen molar-refractivity contribution in [3.05, 3.63) is 34.2 Å². The third kappa shape index (κ3) is 3.92. The zero-order valence-electron chi connectivity index (χ0n) is 14.2. The van der Waals surface area contributed by atoms with Gasteiger partial charge in [-0.2, -0.15) is 17.0 Å². The van der Waals surface area contributed by atoms with Crippen LogP contribution in [0.4, 0.5) is 0 Å². The monoisotopic (exact) mass is 369 g/mol. The van der Waals surface area contributed by atoms with Crippen LogP contribution in [0.2, 0.25) is 0 Å². The van der Waals surface area contributed by atoms with Crippen LogP contribution in [0.5, 0.6) is 0 Å². The highest BCUT2D eigenvalue weighted by molar-refractivity contribution is 7.86. The summed E-state index contributed by atoms with van der Waals surface area (Å²) in [5, 5.41) is 0. The van der Waals surface area contributed by atoms with Crippen molar-refractivity contribution in [3.63, 3.8) is 0 Å². The highest BCUT2D eigenvalue weighted by Gasteiger charge is 2.34. The highest BCUT2D eigenvalue weighted by atomic mass is 32.2. The Bertz CT molecular complexity index is 777. The smallest absolute Gasteiger partial charge is 0.282 e. The molecule has 3 rings (SSSR count). The minimum absolute atomic E-state index is 0.247. The van der Waals surface area contributed by atoms with Crippen molar-refractivity contribution >= 4 is 16.1 Å². The van der Waals surface area contributed by atoms with Crippen molar-refractivity contribution < 1.29 is 13.2 Å². The molecule has 0 aromatic carbocycles. The van der Waals surface area contributed by atoms with Gasteiger partial charge in [-0.3, -0.25) is 9.59 Å². The van der Waals surface area contributed by atoms with Crippen LogP contribution < -0.4 is 5.56 Å². The SMILES string of the molecule is CN1CCN(S(=O)(=O)N2CCN(C(=O)c3cc[nH]c(=O)c3)CC2)CC1. The quantitative estimate of drug-likeness (QED) is 0.709. The Labute approximate surface area is 147 Å². The summed E-state index contributed by atoms with van der Waals surface area (Å²) in [6.45, 7) is 3.60. The van der Waals surface area contributed by atoms with Crippen LogP contribution in [0.25, 0.3) is 0 Å². The molecule has 2 fully saturated rings. The Balaban J connectivity index is 1.61. The second-order valence-electron chi connectivity index (χ2n) is 6.34. The number of nitrogens with one attached hydrogen (secondary N) is 1. The summed E-state index contributed by atoms with van der Waals surface area (Å²) in [5.41, 5.74) is -0.0127. The minimum atomic E-state index is -3.48. The maximum atomic E-state index is 12.7. The molecule has 2 aliphatic rings. The number of pyridine rings is 1. The molecule has 25 heavy (non-hydrogen) atoms. The first-order valence-electron chi connectivity index (χ1n) is 8.30. The molecule has 1 N–H and O–H groups in total. The molecule has 1 aromatic heterocycles. The molecule has 0 bridgehead atoms. The lowest BCUT2D eigenvalue weighted by atomic mass is 10.2. The van der Waals surface area contributed by atoms with Gasteiger partial charge in [0, 0.05) is 70.2 Å². The minimum Gasteiger partial charge on any atom is -0.336 e. The molecular formula is C15H23N5O4S. The van der Waals surface area contributed by atoms with Gasteiger partial charge in [0.25, 0.3) is 16.1 Å². The molecule has 0 saturated carbocycles. The Morgan fingerprint density at radius 3 is 2.12 bits per heavy atom. The van der Waals surface area contributed by atoms with Crippen molar-refractivity contribution in [2.75, 3.05) is 59.4 Å². The molecule has 1 amide bonds. The molecule has 0 atom stereocenters. The topological polar surface area (TPSA) is 97.0 Å².